The third-order valence-electron chi connectivity index (χ3n) is 7.60. The van der Waals surface area contributed by atoms with Crippen LogP contribution in [-0.2, 0) is 28.9 Å². The molecule has 1 heterocycles. The quantitative estimate of drug-likeness (QED) is 0.0948. The van der Waals surface area contributed by atoms with E-state index in [1.807, 2.05) is 6.07 Å². The maximum atomic E-state index is 16.3. The number of methoxy groups -OCH3 is 1. The van der Waals surface area contributed by atoms with Gasteiger partial charge in [0.25, 0.3) is 10.0 Å². The number of ether oxygens (including phenoxy) is 2. The monoisotopic (exact) mass is 715 g/mol. The first-order valence-electron chi connectivity index (χ1n) is 15.0. The van der Waals surface area contributed by atoms with Gasteiger partial charge in [0.15, 0.2) is 5.69 Å². The number of nitrogens with one attached hydrogen (secondary N) is 1. The molecule has 0 fully saturated rings. The SMILES string of the molecule is CCOC(=O)c1c([P@@](=O)(N[C@H](C(=O)OC)c2ccccc2)c2cc(C)cc(/C=C/C#N)c2)c2cc(Cl)ccc2n1S(=O)(=O)c1ccccc1. The van der Waals surface area contributed by atoms with E-state index in [4.69, 9.17) is 21.1 Å². The highest BCUT2D eigenvalue weighted by Crippen LogP contribution is 2.47. The van der Waals surface area contributed by atoms with E-state index in [9.17, 15) is 23.3 Å². The summed E-state index contributed by atoms with van der Waals surface area (Å²) < 4.78 is 56.6. The summed E-state index contributed by atoms with van der Waals surface area (Å²) in [5, 5.41) is 12.4. The van der Waals surface area contributed by atoms with Crippen molar-refractivity contribution in [1.29, 1.82) is 5.26 Å². The van der Waals surface area contributed by atoms with Crippen molar-refractivity contribution in [2.75, 3.05) is 13.7 Å². The second-order valence-corrected chi connectivity index (χ2v) is 15.5. The lowest BCUT2D eigenvalue weighted by Crippen LogP contribution is -2.37. The normalized spacial score (nSPS) is 13.4. The Bertz CT molecular complexity index is 2280. The summed E-state index contributed by atoms with van der Waals surface area (Å²) in [6.07, 6.45) is 2.77. The Hall–Kier alpha value is -4.98. The van der Waals surface area contributed by atoms with Gasteiger partial charge in [0, 0.05) is 21.8 Å². The molecule has 5 aromatic rings. The largest absolute Gasteiger partial charge is 0.468 e. The fourth-order valence-electron chi connectivity index (χ4n) is 5.54. The van der Waals surface area contributed by atoms with Crippen molar-refractivity contribution < 1.29 is 32.0 Å². The van der Waals surface area contributed by atoms with Crippen LogP contribution in [0.1, 0.15) is 40.1 Å². The summed E-state index contributed by atoms with van der Waals surface area (Å²) in [4.78, 5) is 27.4. The van der Waals surface area contributed by atoms with Crippen molar-refractivity contribution in [2.45, 2.75) is 24.8 Å². The molecule has 250 valence electrons. The van der Waals surface area contributed by atoms with Crippen LogP contribution in [-0.4, -0.2) is 38.0 Å². The number of nitrogens with zero attached hydrogens (tertiary/aromatic N) is 2. The third kappa shape index (κ3) is 6.95. The molecule has 4 aromatic carbocycles. The fraction of sp³-hybridized carbons (Fsp3) is 0.139. The Balaban J connectivity index is 1.99. The number of hydrogen-bond acceptors (Lipinski definition) is 8. The number of allylic oxidation sites excluding steroid dienone is 1. The van der Waals surface area contributed by atoms with Gasteiger partial charge >= 0.3 is 11.9 Å². The van der Waals surface area contributed by atoms with Gasteiger partial charge < -0.3 is 9.47 Å². The number of carbonyl (C=O) groups is 2. The number of esters is 2. The first kappa shape index (κ1) is 35.3. The molecule has 0 unspecified atom stereocenters. The Labute approximate surface area is 289 Å². The van der Waals surface area contributed by atoms with Gasteiger partial charge in [-0.15, -0.1) is 0 Å². The summed E-state index contributed by atoms with van der Waals surface area (Å²) in [5.41, 5.74) is 0.973. The van der Waals surface area contributed by atoms with Crippen LogP contribution in [0.15, 0.2) is 108 Å². The molecule has 0 spiro atoms. The van der Waals surface area contributed by atoms with Gasteiger partial charge in [0.2, 0.25) is 7.29 Å². The van der Waals surface area contributed by atoms with Crippen LogP contribution >= 0.6 is 18.9 Å². The zero-order chi connectivity index (χ0) is 35.3. The van der Waals surface area contributed by atoms with Crippen molar-refractivity contribution in [2.24, 2.45) is 0 Å². The highest BCUT2D eigenvalue weighted by Gasteiger charge is 2.43. The van der Waals surface area contributed by atoms with Crippen molar-refractivity contribution in [1.82, 2.24) is 9.06 Å². The molecule has 0 saturated heterocycles. The molecular formula is C36H31ClN3O7PS. The van der Waals surface area contributed by atoms with Crippen LogP contribution in [0.2, 0.25) is 5.02 Å². The Morgan fingerprint density at radius 2 is 1.69 bits per heavy atom. The first-order chi connectivity index (χ1) is 23.5. The molecule has 0 saturated carbocycles. The number of aromatic nitrogens is 1. The molecule has 0 amide bonds. The number of nitriles is 1. The molecule has 0 aliphatic carbocycles. The zero-order valence-electron chi connectivity index (χ0n) is 26.7. The molecule has 0 aliphatic rings. The summed E-state index contributed by atoms with van der Waals surface area (Å²) in [7, 11) is -7.89. The van der Waals surface area contributed by atoms with E-state index in [-0.39, 0.29) is 38.0 Å². The molecular weight excluding hydrogens is 685 g/mol. The smallest absolute Gasteiger partial charge is 0.356 e. The minimum atomic E-state index is -4.54. The topological polar surface area (TPSA) is 145 Å². The van der Waals surface area contributed by atoms with E-state index >= 15 is 4.57 Å². The number of benzene rings is 4. The van der Waals surface area contributed by atoms with Crippen LogP contribution < -0.4 is 15.7 Å². The maximum absolute atomic E-state index is 16.3. The van der Waals surface area contributed by atoms with Gasteiger partial charge in [-0.2, -0.15) is 5.26 Å². The van der Waals surface area contributed by atoms with Gasteiger partial charge in [-0.25, -0.2) is 27.1 Å². The molecule has 0 radical (unpaired) electrons. The first-order valence-corrected chi connectivity index (χ1v) is 18.5. The summed E-state index contributed by atoms with van der Waals surface area (Å²) >= 11 is 6.50. The van der Waals surface area contributed by atoms with E-state index in [0.717, 1.165) is 3.97 Å². The Morgan fingerprint density at radius 1 is 1.02 bits per heavy atom. The molecule has 1 aromatic heterocycles. The molecule has 13 heteroatoms. The number of fused-ring (bicyclic) bond motifs is 1. The minimum absolute atomic E-state index is 0.0000804. The second kappa shape index (κ2) is 14.6. The van der Waals surface area contributed by atoms with Crippen LogP contribution in [0.4, 0.5) is 0 Å². The molecule has 5 rings (SSSR count). The van der Waals surface area contributed by atoms with Crippen LogP contribution in [0.5, 0.6) is 0 Å². The Kier molecular flexibility index (Phi) is 10.6. The highest BCUT2D eigenvalue weighted by atomic mass is 35.5. The molecule has 10 nitrogen and oxygen atoms in total. The lowest BCUT2D eigenvalue weighted by Gasteiger charge is -2.27. The van der Waals surface area contributed by atoms with Crippen LogP contribution in [0.25, 0.3) is 17.0 Å². The lowest BCUT2D eigenvalue weighted by molar-refractivity contribution is -0.142. The number of aryl methyl sites for hydroxylation is 1. The maximum Gasteiger partial charge on any atom is 0.356 e. The van der Waals surface area contributed by atoms with Gasteiger partial charge in [0.1, 0.15) is 6.04 Å². The lowest BCUT2D eigenvalue weighted by atomic mass is 10.1. The highest BCUT2D eigenvalue weighted by molar-refractivity contribution is 7.90. The third-order valence-corrected chi connectivity index (χ3v) is 12.3. The summed E-state index contributed by atoms with van der Waals surface area (Å²) in [6, 6.07) is 25.7. The zero-order valence-corrected chi connectivity index (χ0v) is 29.1. The molecule has 0 aliphatic heterocycles. The number of hydrogen-bond donors (Lipinski definition) is 1. The predicted octanol–water partition coefficient (Wildman–Crippen LogP) is 6.29. The van der Waals surface area contributed by atoms with Gasteiger partial charge in [-0.05, 0) is 79.1 Å². The average Bonchev–Trinajstić information content (AvgIpc) is 3.46. The fourth-order valence-corrected chi connectivity index (χ4v) is 10.2. The van der Waals surface area contributed by atoms with Crippen molar-refractivity contribution in [3.63, 3.8) is 0 Å². The number of halogens is 1. The molecule has 49 heavy (non-hydrogen) atoms. The molecule has 1 N–H and O–H groups in total. The second-order valence-electron chi connectivity index (χ2n) is 10.8. The van der Waals surface area contributed by atoms with E-state index in [0.29, 0.717) is 16.7 Å². The van der Waals surface area contributed by atoms with Crippen molar-refractivity contribution in [3.05, 3.63) is 131 Å². The van der Waals surface area contributed by atoms with Gasteiger partial charge in [-0.3, -0.25) is 4.57 Å². The summed E-state index contributed by atoms with van der Waals surface area (Å²) in [5.74, 6) is -1.86. The Morgan fingerprint density at radius 3 is 2.33 bits per heavy atom. The van der Waals surface area contributed by atoms with Crippen LogP contribution in [0.3, 0.4) is 0 Å². The summed E-state index contributed by atoms with van der Waals surface area (Å²) in [6.45, 7) is 3.17. The van der Waals surface area contributed by atoms with E-state index in [1.54, 1.807) is 68.4 Å². The van der Waals surface area contributed by atoms with E-state index in [1.165, 1.54) is 61.7 Å². The van der Waals surface area contributed by atoms with E-state index < -0.39 is 41.0 Å². The van der Waals surface area contributed by atoms with E-state index in [2.05, 4.69) is 5.09 Å². The predicted molar refractivity (Wildman–Crippen MR) is 189 cm³/mol. The average molecular weight is 716 g/mol. The van der Waals surface area contributed by atoms with Crippen LogP contribution in [0, 0.1) is 18.3 Å². The number of carbonyl (C=O) groups excluding carboxylic acids is 2. The molecule has 2 atom stereocenters. The van der Waals surface area contributed by atoms with Gasteiger partial charge in [0.05, 0.1) is 35.5 Å². The van der Waals surface area contributed by atoms with Gasteiger partial charge in [-0.1, -0.05) is 66.2 Å². The van der Waals surface area contributed by atoms with Crippen molar-refractivity contribution in [3.8, 4) is 6.07 Å². The molecule has 0 bridgehead atoms. The standard InChI is InChI=1S/C36H31ClN3O7PS/c1-4-47-36(42)33-34(30-23-27(37)17-18-31(30)40(33)49(44,45)29-15-9-6-10-16-29)48(43,28-21-24(2)20-25(22-28)12-11-19-38)39-32(35(41)46-3)26-13-7-5-8-14-26/h5-18,20-23,32H,4H2,1-3H3,(H,39,43)/b12-11+/t32-,48+/m0/s1. The minimum Gasteiger partial charge on any atom is -0.468 e. The van der Waals surface area contributed by atoms with Crippen molar-refractivity contribution >= 4 is 68.4 Å². The number of rotatable bonds is 11.